The van der Waals surface area contributed by atoms with E-state index in [1.54, 1.807) is 33.8 Å². The van der Waals surface area contributed by atoms with Crippen molar-refractivity contribution in [1.29, 1.82) is 0 Å². The van der Waals surface area contributed by atoms with Gasteiger partial charge in [0.15, 0.2) is 0 Å². The molecule has 0 aliphatic rings. The number of carboxylic acid groups (broad SMARTS) is 1. The quantitative estimate of drug-likeness (QED) is 0.616. The van der Waals surface area contributed by atoms with Crippen molar-refractivity contribution in [3.05, 3.63) is 23.8 Å². The molecule has 0 fully saturated rings. The zero-order valence-electron chi connectivity index (χ0n) is 14.1. The Labute approximate surface area is 141 Å². The second kappa shape index (κ2) is 7.63. The van der Waals surface area contributed by atoms with Gasteiger partial charge in [-0.1, -0.05) is 6.07 Å². The molecule has 0 saturated heterocycles. The minimum atomic E-state index is -3.73. The number of anilines is 1. The topological polar surface area (TPSA) is 125 Å². The molecule has 8 nitrogen and oxygen atoms in total. The molecule has 0 heterocycles. The number of carboxylic acids is 1. The van der Waals surface area contributed by atoms with Crippen LogP contribution in [0.2, 0.25) is 0 Å². The van der Waals surface area contributed by atoms with Gasteiger partial charge in [-0.25, -0.2) is 17.9 Å². The number of rotatable bonds is 6. The van der Waals surface area contributed by atoms with Crippen molar-refractivity contribution in [2.45, 2.75) is 44.6 Å². The number of benzene rings is 1. The Morgan fingerprint density at radius 1 is 1.21 bits per heavy atom. The van der Waals surface area contributed by atoms with E-state index in [9.17, 15) is 18.0 Å². The first-order valence-corrected chi connectivity index (χ1v) is 8.81. The molecule has 9 heteroatoms. The fourth-order valence-electron chi connectivity index (χ4n) is 1.95. The molecule has 0 unspecified atom stereocenters. The second-order valence-corrected chi connectivity index (χ2v) is 7.96. The standard InChI is InChI=1S/C15H23N3O5S/c1-10-11(17-14(21)16-9-8-13(19)20)6-5-7-12(10)24(22,23)18-15(2,3)4/h5-7,18H,8-9H2,1-4H3,(H,19,20)(H2,16,17,21). The van der Waals surface area contributed by atoms with Crippen molar-refractivity contribution in [2.75, 3.05) is 11.9 Å². The molecule has 4 N–H and O–H groups in total. The van der Waals surface area contributed by atoms with Crippen LogP contribution in [0.5, 0.6) is 0 Å². The number of urea groups is 1. The van der Waals surface area contributed by atoms with Gasteiger partial charge in [-0.15, -0.1) is 0 Å². The van der Waals surface area contributed by atoms with Crippen molar-refractivity contribution in [3.8, 4) is 0 Å². The summed E-state index contributed by atoms with van der Waals surface area (Å²) in [5, 5.41) is 13.4. The molecule has 0 radical (unpaired) electrons. The number of hydrogen-bond acceptors (Lipinski definition) is 4. The Morgan fingerprint density at radius 2 is 1.83 bits per heavy atom. The van der Waals surface area contributed by atoms with Crippen molar-refractivity contribution >= 4 is 27.7 Å². The maximum atomic E-state index is 12.4. The van der Waals surface area contributed by atoms with E-state index < -0.39 is 27.6 Å². The smallest absolute Gasteiger partial charge is 0.319 e. The van der Waals surface area contributed by atoms with E-state index in [0.717, 1.165) is 0 Å². The molecule has 134 valence electrons. The summed E-state index contributed by atoms with van der Waals surface area (Å²) < 4.78 is 27.5. The largest absolute Gasteiger partial charge is 0.481 e. The SMILES string of the molecule is Cc1c(NC(=O)NCCC(=O)O)cccc1S(=O)(=O)NC(C)(C)C. The number of hydrogen-bond donors (Lipinski definition) is 4. The van der Waals surface area contributed by atoms with Crippen LogP contribution < -0.4 is 15.4 Å². The lowest BCUT2D eigenvalue weighted by Crippen LogP contribution is -2.40. The highest BCUT2D eigenvalue weighted by Crippen LogP contribution is 2.24. The van der Waals surface area contributed by atoms with E-state index in [0.29, 0.717) is 11.3 Å². The van der Waals surface area contributed by atoms with Gasteiger partial charge in [-0.3, -0.25) is 4.79 Å². The number of amides is 2. The van der Waals surface area contributed by atoms with Crippen LogP contribution in [0.15, 0.2) is 23.1 Å². The van der Waals surface area contributed by atoms with Crippen LogP contribution in [-0.4, -0.2) is 37.6 Å². The van der Waals surface area contributed by atoms with Gasteiger partial charge in [0.2, 0.25) is 10.0 Å². The normalized spacial score (nSPS) is 11.8. The van der Waals surface area contributed by atoms with Crippen LogP contribution in [0.3, 0.4) is 0 Å². The number of aliphatic carboxylic acids is 1. The van der Waals surface area contributed by atoms with Gasteiger partial charge in [0.25, 0.3) is 0 Å². The maximum Gasteiger partial charge on any atom is 0.319 e. The Hall–Kier alpha value is -2.13. The van der Waals surface area contributed by atoms with Crippen LogP contribution in [0.1, 0.15) is 32.8 Å². The molecule has 0 bridgehead atoms. The lowest BCUT2D eigenvalue weighted by molar-refractivity contribution is -0.136. The fraction of sp³-hybridized carbons (Fsp3) is 0.467. The Morgan fingerprint density at radius 3 is 2.38 bits per heavy atom. The van der Waals surface area contributed by atoms with E-state index >= 15 is 0 Å². The van der Waals surface area contributed by atoms with Gasteiger partial charge < -0.3 is 15.7 Å². The molecule has 1 rings (SSSR count). The van der Waals surface area contributed by atoms with Gasteiger partial charge in [-0.2, -0.15) is 0 Å². The minimum absolute atomic E-state index is 0.0240. The molecule has 0 aliphatic carbocycles. The highest BCUT2D eigenvalue weighted by Gasteiger charge is 2.24. The van der Waals surface area contributed by atoms with Crippen LogP contribution in [0.4, 0.5) is 10.5 Å². The van der Waals surface area contributed by atoms with Gasteiger partial charge in [0.1, 0.15) is 0 Å². The lowest BCUT2D eigenvalue weighted by Gasteiger charge is -2.22. The average molecular weight is 357 g/mol. The first kappa shape index (κ1) is 19.9. The second-order valence-electron chi connectivity index (χ2n) is 6.31. The molecule has 0 aliphatic heterocycles. The summed E-state index contributed by atoms with van der Waals surface area (Å²) in [6.07, 6.45) is -0.198. The first-order valence-electron chi connectivity index (χ1n) is 7.32. The van der Waals surface area contributed by atoms with Crippen LogP contribution in [0, 0.1) is 6.92 Å². The van der Waals surface area contributed by atoms with Crippen molar-refractivity contribution in [1.82, 2.24) is 10.0 Å². The maximum absolute atomic E-state index is 12.4. The van der Waals surface area contributed by atoms with Gasteiger partial charge in [0, 0.05) is 17.8 Å². The Kier molecular flexibility index (Phi) is 6.33. The molecule has 0 saturated carbocycles. The number of nitrogens with one attached hydrogen (secondary N) is 3. The van der Waals surface area contributed by atoms with Gasteiger partial charge in [-0.05, 0) is 45.4 Å². The fourth-order valence-corrected chi connectivity index (χ4v) is 3.64. The molecule has 1 aromatic carbocycles. The number of carbonyl (C=O) groups excluding carboxylic acids is 1. The van der Waals surface area contributed by atoms with E-state index in [4.69, 9.17) is 5.11 Å². The zero-order valence-corrected chi connectivity index (χ0v) is 15.0. The van der Waals surface area contributed by atoms with Crippen molar-refractivity contribution in [3.63, 3.8) is 0 Å². The monoisotopic (exact) mass is 357 g/mol. The molecule has 0 spiro atoms. The molecular weight excluding hydrogens is 334 g/mol. The Bertz CT molecular complexity index is 723. The third-order valence-electron chi connectivity index (χ3n) is 2.89. The van der Waals surface area contributed by atoms with Crippen LogP contribution in [0.25, 0.3) is 0 Å². The van der Waals surface area contributed by atoms with E-state index in [2.05, 4.69) is 15.4 Å². The highest BCUT2D eigenvalue weighted by molar-refractivity contribution is 7.89. The van der Waals surface area contributed by atoms with E-state index in [1.165, 1.54) is 12.1 Å². The lowest BCUT2D eigenvalue weighted by atomic mass is 10.1. The minimum Gasteiger partial charge on any atom is -0.481 e. The van der Waals surface area contributed by atoms with Crippen molar-refractivity contribution in [2.24, 2.45) is 0 Å². The third-order valence-corrected chi connectivity index (χ3v) is 4.79. The molecule has 24 heavy (non-hydrogen) atoms. The molecule has 0 aromatic heterocycles. The summed E-state index contributed by atoms with van der Waals surface area (Å²) in [6.45, 7) is 6.77. The Balaban J connectivity index is 2.93. The molecule has 0 atom stereocenters. The zero-order chi connectivity index (χ0) is 18.5. The summed E-state index contributed by atoms with van der Waals surface area (Å²) in [4.78, 5) is 22.2. The summed E-state index contributed by atoms with van der Waals surface area (Å²) in [5.74, 6) is -1.02. The summed E-state index contributed by atoms with van der Waals surface area (Å²) in [6, 6.07) is 3.95. The van der Waals surface area contributed by atoms with Gasteiger partial charge in [0.05, 0.1) is 11.3 Å². The molecule has 2 amide bonds. The summed E-state index contributed by atoms with van der Waals surface area (Å²) >= 11 is 0. The summed E-state index contributed by atoms with van der Waals surface area (Å²) in [5.41, 5.74) is 0.0883. The highest BCUT2D eigenvalue weighted by atomic mass is 32.2. The molecular formula is C15H23N3O5S. The van der Waals surface area contributed by atoms with Crippen LogP contribution >= 0.6 is 0 Å². The number of carbonyl (C=O) groups is 2. The predicted octanol–water partition coefficient (Wildman–Crippen LogP) is 1.67. The average Bonchev–Trinajstić information content (AvgIpc) is 2.37. The van der Waals surface area contributed by atoms with Gasteiger partial charge >= 0.3 is 12.0 Å². The number of sulfonamides is 1. The predicted molar refractivity (Wildman–Crippen MR) is 90.5 cm³/mol. The third kappa shape index (κ3) is 6.17. The molecule has 1 aromatic rings. The van der Waals surface area contributed by atoms with Crippen LogP contribution in [-0.2, 0) is 14.8 Å². The summed E-state index contributed by atoms with van der Waals surface area (Å²) in [7, 11) is -3.73. The van der Waals surface area contributed by atoms with Crippen molar-refractivity contribution < 1.29 is 23.1 Å². The first-order chi connectivity index (χ1) is 10.9. The van der Waals surface area contributed by atoms with E-state index in [1.807, 2.05) is 0 Å². The van der Waals surface area contributed by atoms with E-state index in [-0.39, 0.29) is 17.9 Å².